The number of hydrogen-bond donors (Lipinski definition) is 1. The van der Waals surface area contributed by atoms with Crippen LogP contribution in [-0.2, 0) is 24.7 Å². The minimum Gasteiger partial charge on any atom is -0.463 e. The molecule has 0 amide bonds. The average molecular weight is 262 g/mol. The first-order valence-corrected chi connectivity index (χ1v) is 5.93. The molecular weight excluding hydrogens is 248 g/mol. The predicted molar refractivity (Wildman–Crippen MR) is 66.0 cm³/mol. The molecule has 0 saturated heterocycles. The zero-order valence-electron chi connectivity index (χ0n) is 10.5. The van der Waals surface area contributed by atoms with E-state index in [1.165, 1.54) is 6.08 Å². The predicted octanol–water partition coefficient (Wildman–Crippen LogP) is 0.921. The topological polar surface area (TPSA) is 72.8 Å². The van der Waals surface area contributed by atoms with Gasteiger partial charge in [0.25, 0.3) is 0 Å². The number of carbonyl (C=O) groups excluding carboxylic acids is 2. The lowest BCUT2D eigenvalue weighted by molar-refractivity contribution is -0.164. The summed E-state index contributed by atoms with van der Waals surface area (Å²) in [7, 11) is 0. The third-order valence-corrected chi connectivity index (χ3v) is 2.87. The molecule has 1 aliphatic rings. The lowest BCUT2D eigenvalue weighted by Crippen LogP contribution is -2.41. The monoisotopic (exact) mass is 262 g/mol. The van der Waals surface area contributed by atoms with Gasteiger partial charge in [-0.05, 0) is 18.6 Å². The van der Waals surface area contributed by atoms with E-state index in [4.69, 9.17) is 9.47 Å². The van der Waals surface area contributed by atoms with E-state index in [0.29, 0.717) is 0 Å². The van der Waals surface area contributed by atoms with Gasteiger partial charge >= 0.3 is 11.9 Å². The fourth-order valence-corrected chi connectivity index (χ4v) is 1.96. The van der Waals surface area contributed by atoms with Crippen LogP contribution in [0, 0.1) is 0 Å². The van der Waals surface area contributed by atoms with Gasteiger partial charge in [0.05, 0.1) is 12.2 Å². The lowest BCUT2D eigenvalue weighted by atomic mass is 9.86. The van der Waals surface area contributed by atoms with Gasteiger partial charge in [0.15, 0.2) is 0 Å². The first kappa shape index (κ1) is 13.3. The van der Waals surface area contributed by atoms with Crippen LogP contribution < -0.4 is 0 Å². The van der Waals surface area contributed by atoms with Gasteiger partial charge in [-0.2, -0.15) is 0 Å². The summed E-state index contributed by atoms with van der Waals surface area (Å²) < 4.78 is 9.65. The van der Waals surface area contributed by atoms with Gasteiger partial charge in [0.1, 0.15) is 6.61 Å². The zero-order valence-corrected chi connectivity index (χ0v) is 10.5. The minimum absolute atomic E-state index is 0.0444. The third-order valence-electron chi connectivity index (χ3n) is 2.87. The largest absolute Gasteiger partial charge is 0.463 e. The Morgan fingerprint density at radius 3 is 2.63 bits per heavy atom. The summed E-state index contributed by atoms with van der Waals surface area (Å²) >= 11 is 0. The summed E-state index contributed by atoms with van der Waals surface area (Å²) in [5.41, 5.74) is -1.94. The number of ether oxygens (including phenoxy) is 2. The van der Waals surface area contributed by atoms with Gasteiger partial charge < -0.3 is 14.6 Å². The Morgan fingerprint density at radius 2 is 2.11 bits per heavy atom. The first-order valence-electron chi connectivity index (χ1n) is 5.93. The first-order chi connectivity index (χ1) is 9.10. The number of carbonyl (C=O) groups is 2. The highest BCUT2D eigenvalue weighted by Crippen LogP contribution is 2.33. The molecule has 1 heterocycles. The van der Waals surface area contributed by atoms with Gasteiger partial charge in [0.2, 0.25) is 5.60 Å². The molecule has 2 rings (SSSR count). The molecule has 1 aromatic rings. The number of rotatable bonds is 4. The maximum absolute atomic E-state index is 12.1. The van der Waals surface area contributed by atoms with Crippen LogP contribution in [0.4, 0.5) is 0 Å². The number of esters is 2. The molecule has 1 aromatic carbocycles. The molecule has 1 aliphatic heterocycles. The van der Waals surface area contributed by atoms with Gasteiger partial charge in [-0.15, -0.1) is 0 Å². The molecule has 0 saturated carbocycles. The Kier molecular flexibility index (Phi) is 3.66. The molecule has 1 N–H and O–H groups in total. The van der Waals surface area contributed by atoms with E-state index in [-0.39, 0.29) is 24.4 Å². The van der Waals surface area contributed by atoms with Crippen molar-refractivity contribution >= 4 is 11.9 Å². The highest BCUT2D eigenvalue weighted by Gasteiger charge is 2.48. The quantitative estimate of drug-likeness (QED) is 0.817. The lowest BCUT2D eigenvalue weighted by Gasteiger charge is -2.25. The maximum Gasteiger partial charge on any atom is 0.347 e. The molecule has 5 heteroatoms. The van der Waals surface area contributed by atoms with Crippen LogP contribution >= 0.6 is 0 Å². The van der Waals surface area contributed by atoms with Gasteiger partial charge in [-0.1, -0.05) is 30.3 Å². The van der Waals surface area contributed by atoms with Crippen molar-refractivity contribution in [2.24, 2.45) is 0 Å². The fourth-order valence-electron chi connectivity index (χ4n) is 1.96. The normalized spacial score (nSPS) is 17.4. The summed E-state index contributed by atoms with van der Waals surface area (Å²) in [6, 6.07) is 8.20. The minimum atomic E-state index is -2.12. The summed E-state index contributed by atoms with van der Waals surface area (Å²) in [5.74, 6) is -1.59. The molecule has 0 fully saturated rings. The molecule has 0 spiro atoms. The van der Waals surface area contributed by atoms with Crippen molar-refractivity contribution in [1.82, 2.24) is 0 Å². The highest BCUT2D eigenvalue weighted by molar-refractivity contribution is 6.01. The second-order valence-electron chi connectivity index (χ2n) is 4.01. The van der Waals surface area contributed by atoms with E-state index in [1.54, 1.807) is 37.3 Å². The van der Waals surface area contributed by atoms with Crippen LogP contribution in [0.5, 0.6) is 0 Å². The van der Waals surface area contributed by atoms with Crippen LogP contribution in [0.2, 0.25) is 0 Å². The van der Waals surface area contributed by atoms with Gasteiger partial charge in [-0.3, -0.25) is 0 Å². The van der Waals surface area contributed by atoms with Crippen molar-refractivity contribution in [2.45, 2.75) is 12.5 Å². The molecule has 1 atom stereocenters. The molecule has 19 heavy (non-hydrogen) atoms. The van der Waals surface area contributed by atoms with E-state index >= 15 is 0 Å². The Hall–Kier alpha value is -2.14. The molecule has 0 bridgehead atoms. The van der Waals surface area contributed by atoms with Crippen molar-refractivity contribution in [3.8, 4) is 0 Å². The van der Waals surface area contributed by atoms with Crippen molar-refractivity contribution in [2.75, 3.05) is 13.2 Å². The van der Waals surface area contributed by atoms with Crippen molar-refractivity contribution in [1.29, 1.82) is 0 Å². The summed E-state index contributed by atoms with van der Waals surface area (Å²) in [4.78, 5) is 23.7. The Morgan fingerprint density at radius 1 is 1.42 bits per heavy atom. The second-order valence-corrected chi connectivity index (χ2v) is 4.01. The van der Waals surface area contributed by atoms with Crippen LogP contribution in [0.3, 0.4) is 0 Å². The van der Waals surface area contributed by atoms with Gasteiger partial charge in [0, 0.05) is 0 Å². The Balaban J connectivity index is 2.50. The van der Waals surface area contributed by atoms with Crippen molar-refractivity contribution in [3.05, 3.63) is 47.5 Å². The van der Waals surface area contributed by atoms with E-state index in [0.717, 1.165) is 0 Å². The number of cyclic esters (lactones) is 1. The SMILES string of the molecule is CCOC(=O)C(O)(C1=CCOC1=O)c1ccccc1. The molecular formula is C14H14O5. The summed E-state index contributed by atoms with van der Waals surface area (Å²) in [6.07, 6.45) is 1.40. The van der Waals surface area contributed by atoms with Crippen molar-refractivity contribution in [3.63, 3.8) is 0 Å². The molecule has 0 radical (unpaired) electrons. The average Bonchev–Trinajstić information content (AvgIpc) is 2.86. The number of aliphatic hydroxyl groups is 1. The summed E-state index contributed by atoms with van der Waals surface area (Å²) in [6.45, 7) is 1.78. The van der Waals surface area contributed by atoms with Crippen molar-refractivity contribution < 1.29 is 24.2 Å². The second kappa shape index (κ2) is 5.24. The standard InChI is InChI=1S/C14H14O5/c1-2-18-13(16)14(17,10-6-4-3-5-7-10)11-8-9-19-12(11)15/h3-8,17H,2,9H2,1H3. The maximum atomic E-state index is 12.1. The van der Waals surface area contributed by atoms with E-state index in [9.17, 15) is 14.7 Å². The molecule has 1 unspecified atom stereocenters. The number of benzene rings is 1. The zero-order chi connectivity index (χ0) is 13.9. The van der Waals surface area contributed by atoms with Crippen LogP contribution in [0.25, 0.3) is 0 Å². The Bertz CT molecular complexity index is 520. The van der Waals surface area contributed by atoms with Crippen LogP contribution in [0.1, 0.15) is 12.5 Å². The fraction of sp³-hybridized carbons (Fsp3) is 0.286. The number of hydrogen-bond acceptors (Lipinski definition) is 5. The van der Waals surface area contributed by atoms with Crippen LogP contribution in [-0.4, -0.2) is 30.3 Å². The third kappa shape index (κ3) is 2.24. The smallest absolute Gasteiger partial charge is 0.347 e. The van der Waals surface area contributed by atoms with Crippen LogP contribution in [0.15, 0.2) is 42.0 Å². The van der Waals surface area contributed by atoms with E-state index in [2.05, 4.69) is 0 Å². The molecule has 5 nitrogen and oxygen atoms in total. The Labute approximate surface area is 110 Å². The van der Waals surface area contributed by atoms with E-state index < -0.39 is 17.5 Å². The summed E-state index contributed by atoms with van der Waals surface area (Å²) in [5, 5.41) is 10.7. The molecule has 0 aliphatic carbocycles. The highest BCUT2D eigenvalue weighted by atomic mass is 16.6. The molecule has 0 aromatic heterocycles. The molecule has 100 valence electrons. The van der Waals surface area contributed by atoms with Gasteiger partial charge in [-0.25, -0.2) is 9.59 Å². The van der Waals surface area contributed by atoms with E-state index in [1.807, 2.05) is 0 Å².